The number of amides is 1. The average Bonchev–Trinajstić information content (AvgIpc) is 2.82. The van der Waals surface area contributed by atoms with Crippen molar-refractivity contribution in [2.75, 3.05) is 6.61 Å². The molecule has 1 saturated carbocycles. The molecule has 0 aromatic rings. The van der Waals surface area contributed by atoms with Gasteiger partial charge in [-0.05, 0) is 19.3 Å². The van der Waals surface area contributed by atoms with Crippen LogP contribution in [-0.2, 0) is 19.1 Å². The Labute approximate surface area is 106 Å². The molecular weight excluding hydrogens is 238 g/mol. The molecule has 3 atom stereocenters. The van der Waals surface area contributed by atoms with Crippen molar-refractivity contribution < 1.29 is 24.2 Å². The normalized spacial score (nSPS) is 26.0. The Bertz CT molecular complexity index is 377. The molecule has 0 saturated heterocycles. The summed E-state index contributed by atoms with van der Waals surface area (Å²) in [7, 11) is 0. The minimum absolute atomic E-state index is 0.242. The Morgan fingerprint density at radius 1 is 1.33 bits per heavy atom. The number of nitrogens with one attached hydrogen (secondary N) is 1. The van der Waals surface area contributed by atoms with E-state index < -0.39 is 41.1 Å². The van der Waals surface area contributed by atoms with Crippen LogP contribution in [0.4, 0.5) is 0 Å². The summed E-state index contributed by atoms with van der Waals surface area (Å²) in [5.41, 5.74) is -0.565. The monoisotopic (exact) mass is 257 g/mol. The fourth-order valence-electron chi connectivity index (χ4n) is 2.22. The lowest BCUT2D eigenvalue weighted by atomic mass is 10.1. The third kappa shape index (κ3) is 2.63. The van der Waals surface area contributed by atoms with Crippen LogP contribution in [0.5, 0.6) is 0 Å². The zero-order valence-corrected chi connectivity index (χ0v) is 11.0. The van der Waals surface area contributed by atoms with E-state index in [1.165, 1.54) is 6.92 Å². The first-order chi connectivity index (χ1) is 8.23. The van der Waals surface area contributed by atoms with E-state index in [0.717, 1.165) is 0 Å². The number of carboxylic acid groups (broad SMARTS) is 1. The second kappa shape index (κ2) is 4.96. The first-order valence-electron chi connectivity index (χ1n) is 5.93. The van der Waals surface area contributed by atoms with E-state index in [0.29, 0.717) is 0 Å². The Balaban J connectivity index is 2.58. The van der Waals surface area contributed by atoms with Gasteiger partial charge in [0, 0.05) is 0 Å². The first kappa shape index (κ1) is 14.5. The van der Waals surface area contributed by atoms with Crippen molar-refractivity contribution >= 4 is 17.8 Å². The van der Waals surface area contributed by atoms with Gasteiger partial charge in [0.1, 0.15) is 6.04 Å². The van der Waals surface area contributed by atoms with E-state index in [4.69, 9.17) is 9.84 Å². The summed E-state index contributed by atoms with van der Waals surface area (Å²) in [6.07, 6.45) is 0. The van der Waals surface area contributed by atoms with Gasteiger partial charge in [0.05, 0.1) is 18.4 Å². The van der Waals surface area contributed by atoms with Gasteiger partial charge >= 0.3 is 11.9 Å². The molecule has 1 fully saturated rings. The van der Waals surface area contributed by atoms with Gasteiger partial charge in [-0.2, -0.15) is 0 Å². The van der Waals surface area contributed by atoms with Crippen LogP contribution in [0.3, 0.4) is 0 Å². The minimum Gasteiger partial charge on any atom is -0.481 e. The van der Waals surface area contributed by atoms with Crippen LogP contribution >= 0.6 is 0 Å². The van der Waals surface area contributed by atoms with Gasteiger partial charge < -0.3 is 15.2 Å². The largest absolute Gasteiger partial charge is 0.481 e. The number of rotatable bonds is 5. The van der Waals surface area contributed by atoms with E-state index in [1.807, 2.05) is 0 Å². The smallest absolute Gasteiger partial charge is 0.328 e. The molecule has 18 heavy (non-hydrogen) atoms. The summed E-state index contributed by atoms with van der Waals surface area (Å²) >= 11 is 0. The molecular formula is C12H19NO5. The summed E-state index contributed by atoms with van der Waals surface area (Å²) < 4.78 is 4.76. The molecule has 0 spiro atoms. The summed E-state index contributed by atoms with van der Waals surface area (Å²) in [5, 5.41) is 11.5. The molecule has 0 radical (unpaired) electrons. The van der Waals surface area contributed by atoms with Crippen molar-refractivity contribution in [1.82, 2.24) is 5.32 Å². The van der Waals surface area contributed by atoms with E-state index >= 15 is 0 Å². The maximum absolute atomic E-state index is 11.9. The molecule has 102 valence electrons. The SMILES string of the molecule is CCOC(=O)C(C)NC(=O)C1C(C(=O)O)C1(C)C. The number of aliphatic carboxylic acids is 1. The molecule has 6 nitrogen and oxygen atoms in total. The second-order valence-electron chi connectivity index (χ2n) is 5.10. The Morgan fingerprint density at radius 2 is 1.89 bits per heavy atom. The molecule has 0 heterocycles. The van der Waals surface area contributed by atoms with Crippen LogP contribution in [0.15, 0.2) is 0 Å². The quantitative estimate of drug-likeness (QED) is 0.696. The highest BCUT2D eigenvalue weighted by Gasteiger charge is 2.66. The Morgan fingerprint density at radius 3 is 2.28 bits per heavy atom. The molecule has 0 aromatic heterocycles. The van der Waals surface area contributed by atoms with Crippen molar-refractivity contribution in [3.63, 3.8) is 0 Å². The third-order valence-electron chi connectivity index (χ3n) is 3.37. The van der Waals surface area contributed by atoms with Crippen LogP contribution in [-0.4, -0.2) is 35.6 Å². The zero-order chi connectivity index (χ0) is 14.1. The molecule has 0 aliphatic heterocycles. The number of ether oxygens (including phenoxy) is 1. The molecule has 1 aliphatic carbocycles. The number of carbonyl (C=O) groups is 3. The number of hydrogen-bond acceptors (Lipinski definition) is 4. The van der Waals surface area contributed by atoms with Gasteiger partial charge in [0.15, 0.2) is 0 Å². The van der Waals surface area contributed by atoms with Crippen LogP contribution in [0, 0.1) is 17.3 Å². The van der Waals surface area contributed by atoms with Gasteiger partial charge in [-0.25, -0.2) is 4.79 Å². The average molecular weight is 257 g/mol. The molecule has 1 rings (SSSR count). The predicted molar refractivity (Wildman–Crippen MR) is 62.6 cm³/mol. The highest BCUT2D eigenvalue weighted by Crippen LogP contribution is 2.58. The molecule has 2 N–H and O–H groups in total. The standard InChI is InChI=1S/C12H19NO5/c1-5-18-11(17)6(2)13-9(14)7-8(10(15)16)12(7,3)4/h6-8H,5H2,1-4H3,(H,13,14)(H,15,16). The summed E-state index contributed by atoms with van der Waals surface area (Å²) in [4.78, 5) is 34.2. The molecule has 0 bridgehead atoms. The van der Waals surface area contributed by atoms with Crippen LogP contribution in [0.25, 0.3) is 0 Å². The molecule has 6 heteroatoms. The predicted octanol–water partition coefficient (Wildman–Crippen LogP) is 0.411. The molecule has 1 aliphatic rings. The van der Waals surface area contributed by atoms with Crippen molar-refractivity contribution in [2.45, 2.75) is 33.7 Å². The zero-order valence-electron chi connectivity index (χ0n) is 11.0. The summed E-state index contributed by atoms with van der Waals surface area (Å²) in [6, 6.07) is -0.761. The van der Waals surface area contributed by atoms with Crippen LogP contribution in [0.1, 0.15) is 27.7 Å². The van der Waals surface area contributed by atoms with Gasteiger partial charge in [-0.1, -0.05) is 13.8 Å². The van der Waals surface area contributed by atoms with Crippen molar-refractivity contribution in [3.8, 4) is 0 Å². The fraction of sp³-hybridized carbons (Fsp3) is 0.750. The summed E-state index contributed by atoms with van der Waals surface area (Å²) in [5.74, 6) is -3.19. The van der Waals surface area contributed by atoms with Gasteiger partial charge in [0.25, 0.3) is 0 Å². The molecule has 0 aromatic carbocycles. The number of carbonyl (C=O) groups excluding carboxylic acids is 2. The maximum Gasteiger partial charge on any atom is 0.328 e. The molecule has 3 unspecified atom stereocenters. The lowest BCUT2D eigenvalue weighted by Crippen LogP contribution is -2.41. The minimum atomic E-state index is -0.982. The topological polar surface area (TPSA) is 92.7 Å². The second-order valence-corrected chi connectivity index (χ2v) is 5.10. The van der Waals surface area contributed by atoms with Crippen LogP contribution in [0.2, 0.25) is 0 Å². The van der Waals surface area contributed by atoms with Gasteiger partial charge in [-0.3, -0.25) is 9.59 Å². The Hall–Kier alpha value is -1.59. The van der Waals surface area contributed by atoms with E-state index in [1.54, 1.807) is 20.8 Å². The van der Waals surface area contributed by atoms with Crippen molar-refractivity contribution in [1.29, 1.82) is 0 Å². The van der Waals surface area contributed by atoms with E-state index in [9.17, 15) is 14.4 Å². The Kier molecular flexibility index (Phi) is 3.98. The lowest BCUT2D eigenvalue weighted by molar-refractivity contribution is -0.147. The van der Waals surface area contributed by atoms with Crippen LogP contribution < -0.4 is 5.32 Å². The maximum atomic E-state index is 11.9. The first-order valence-corrected chi connectivity index (χ1v) is 5.93. The van der Waals surface area contributed by atoms with Gasteiger partial charge in [0.2, 0.25) is 5.91 Å². The van der Waals surface area contributed by atoms with E-state index in [-0.39, 0.29) is 6.61 Å². The number of hydrogen-bond donors (Lipinski definition) is 2. The third-order valence-corrected chi connectivity index (χ3v) is 3.37. The fourth-order valence-corrected chi connectivity index (χ4v) is 2.22. The van der Waals surface area contributed by atoms with Crippen molar-refractivity contribution in [3.05, 3.63) is 0 Å². The highest BCUT2D eigenvalue weighted by atomic mass is 16.5. The lowest BCUT2D eigenvalue weighted by Gasteiger charge is -2.12. The molecule has 1 amide bonds. The highest BCUT2D eigenvalue weighted by molar-refractivity contribution is 5.93. The number of esters is 1. The van der Waals surface area contributed by atoms with Gasteiger partial charge in [-0.15, -0.1) is 0 Å². The summed E-state index contributed by atoms with van der Waals surface area (Å²) in [6.45, 7) is 6.89. The van der Waals surface area contributed by atoms with E-state index in [2.05, 4.69) is 5.32 Å². The van der Waals surface area contributed by atoms with Crippen molar-refractivity contribution in [2.24, 2.45) is 17.3 Å². The number of carboxylic acids is 1.